The molecular weight excluding hydrogens is 1300 g/mol. The van der Waals surface area contributed by atoms with Gasteiger partial charge in [-0.2, -0.15) is 0 Å². The lowest BCUT2D eigenvalue weighted by Gasteiger charge is -2.26. The van der Waals surface area contributed by atoms with Crippen LogP contribution in [-0.2, 0) is 21.7 Å². The van der Waals surface area contributed by atoms with Gasteiger partial charge in [-0.05, 0) is 281 Å². The van der Waals surface area contributed by atoms with Crippen molar-refractivity contribution in [3.05, 3.63) is 384 Å². The second-order valence-electron chi connectivity index (χ2n) is 33.1. The Morgan fingerprint density at radius 2 is 0.509 bits per heavy atom. The maximum atomic E-state index is 2.47. The normalized spacial score (nSPS) is 14.6. The van der Waals surface area contributed by atoms with Gasteiger partial charge < -0.3 is 0 Å². The highest BCUT2D eigenvalue weighted by Gasteiger charge is 2.46. The number of hydrogen-bond acceptors (Lipinski definition) is 0. The molecule has 22 rings (SSSR count). The van der Waals surface area contributed by atoms with Crippen LogP contribution in [0, 0.1) is 0 Å². The maximum absolute atomic E-state index is 2.47. The molecule has 0 aromatic heterocycles. The van der Waals surface area contributed by atoms with E-state index in [1.54, 1.807) is 0 Å². The molecule has 0 unspecified atom stereocenters. The van der Waals surface area contributed by atoms with Crippen LogP contribution in [0.4, 0.5) is 0 Å². The third kappa shape index (κ3) is 9.62. The lowest BCUT2D eigenvalue weighted by molar-refractivity contribution is 0.647. The molecule has 0 saturated carbocycles. The summed E-state index contributed by atoms with van der Waals surface area (Å²) in [7, 11) is 0. The molecule has 0 aliphatic heterocycles. The summed E-state index contributed by atoms with van der Waals surface area (Å²) in [6, 6.07) is 128. The minimum Gasteiger partial charge on any atom is -0.0619 e. The van der Waals surface area contributed by atoms with Gasteiger partial charge in [-0.1, -0.05) is 334 Å². The van der Waals surface area contributed by atoms with Crippen molar-refractivity contribution in [1.29, 1.82) is 0 Å². The van der Waals surface area contributed by atoms with Crippen LogP contribution in [0.15, 0.2) is 340 Å². The smallest absolute Gasteiger partial charge is 0.0165 e. The number of fused-ring (bicyclic) bond motifs is 22. The van der Waals surface area contributed by atoms with Crippen LogP contribution in [0.5, 0.6) is 0 Å². The van der Waals surface area contributed by atoms with Crippen molar-refractivity contribution in [3.8, 4) is 111 Å². The van der Waals surface area contributed by atoms with Gasteiger partial charge in [-0.15, -0.1) is 0 Å². The molecule has 0 atom stereocenters. The van der Waals surface area contributed by atoms with Gasteiger partial charge >= 0.3 is 0 Å². The predicted molar refractivity (Wildman–Crippen MR) is 461 cm³/mol. The summed E-state index contributed by atoms with van der Waals surface area (Å²) < 4.78 is 0. The van der Waals surface area contributed by atoms with Crippen LogP contribution in [-0.4, -0.2) is 0 Å². The van der Waals surface area contributed by atoms with Crippen molar-refractivity contribution in [2.24, 2.45) is 0 Å². The van der Waals surface area contributed by atoms with Crippen LogP contribution in [0.3, 0.4) is 0 Å². The molecule has 0 amide bonds. The molecule has 0 heterocycles. The second-order valence-corrected chi connectivity index (χ2v) is 33.1. The van der Waals surface area contributed by atoms with Crippen LogP contribution in [0.25, 0.3) is 176 Å². The highest BCUT2D eigenvalue weighted by Crippen LogP contribution is 2.62. The van der Waals surface area contributed by atoms with Crippen molar-refractivity contribution in [3.63, 3.8) is 0 Å². The van der Waals surface area contributed by atoms with Crippen LogP contribution < -0.4 is 0 Å². The Bertz CT molecular complexity index is 6920. The Morgan fingerprint density at radius 3 is 1.07 bits per heavy atom. The van der Waals surface area contributed by atoms with E-state index in [1.165, 1.54) is 220 Å². The topological polar surface area (TPSA) is 0 Å². The highest BCUT2D eigenvalue weighted by atomic mass is 14.5. The average molecular weight is 1380 g/mol. The van der Waals surface area contributed by atoms with E-state index in [4.69, 9.17) is 0 Å². The third-order valence-electron chi connectivity index (χ3n) is 25.6. The summed E-state index contributed by atoms with van der Waals surface area (Å²) in [6.07, 6.45) is 0. The molecule has 0 radical (unpaired) electrons. The zero-order chi connectivity index (χ0) is 72.7. The third-order valence-corrected chi connectivity index (χ3v) is 25.6. The predicted octanol–water partition coefficient (Wildman–Crippen LogP) is 29.5. The molecule has 108 heavy (non-hydrogen) atoms. The first-order valence-electron chi connectivity index (χ1n) is 38.5. The van der Waals surface area contributed by atoms with Gasteiger partial charge in [0, 0.05) is 21.7 Å². The lowest BCUT2D eigenvalue weighted by Crippen LogP contribution is -2.18. The summed E-state index contributed by atoms with van der Waals surface area (Å²) in [5.41, 5.74) is 37.5. The first kappa shape index (κ1) is 63.9. The molecule has 0 nitrogen and oxygen atoms in total. The number of hydrogen-bond donors (Lipinski definition) is 0. The van der Waals surface area contributed by atoms with Gasteiger partial charge in [0.15, 0.2) is 0 Å². The molecule has 4 aliphatic carbocycles. The molecule has 18 aromatic carbocycles. The van der Waals surface area contributed by atoms with Gasteiger partial charge in [0.2, 0.25) is 0 Å². The van der Waals surface area contributed by atoms with Gasteiger partial charge in [0.1, 0.15) is 0 Å². The van der Waals surface area contributed by atoms with Gasteiger partial charge in [-0.25, -0.2) is 0 Å². The van der Waals surface area contributed by atoms with E-state index < -0.39 is 0 Å². The molecule has 18 aromatic rings. The summed E-state index contributed by atoms with van der Waals surface area (Å²) in [4.78, 5) is 0. The molecule has 0 spiro atoms. The molecule has 0 N–H and O–H groups in total. The van der Waals surface area contributed by atoms with E-state index in [1.807, 2.05) is 0 Å². The first-order valence-corrected chi connectivity index (χ1v) is 38.5. The lowest BCUT2D eigenvalue weighted by atomic mass is 9.77. The minimum absolute atomic E-state index is 0.0418. The standard InChI is InChI=1S/C58H42.C50H38/c1-57(2)52-28-26-41(33-50(52)55-53(57)29-27-48-46-17-9-10-19-51(46)58(3,4)56(48)55)37-14-11-13-36(30-37)38-21-22-40-32-42(24-23-39(40)31-38)49-34-43-25-20-35-12-5-6-15-44(35)54(43)47-18-8-7-16-45(47)49;1-49(2)45-25-24-42-41-14-7-8-15-44(41)50(3,4)48(42)47(45)43-23-22-40(30-46(43)49)34-13-9-12-33(27-34)35-18-19-39-29-38(21-20-37(39)28-35)36-17-16-31-10-5-6-11-32(31)26-36/h5-34H,1-4H3;5-30H,1-4H3. The van der Waals surface area contributed by atoms with E-state index in [2.05, 4.69) is 395 Å². The summed E-state index contributed by atoms with van der Waals surface area (Å²) in [6.45, 7) is 19.2. The molecule has 0 fully saturated rings. The van der Waals surface area contributed by atoms with E-state index in [9.17, 15) is 0 Å². The Hall–Kier alpha value is -12.5. The largest absolute Gasteiger partial charge is 0.0619 e. The zero-order valence-electron chi connectivity index (χ0n) is 62.3. The summed E-state index contributed by atoms with van der Waals surface area (Å²) in [5, 5.41) is 15.3. The molecule has 0 saturated heterocycles. The van der Waals surface area contributed by atoms with E-state index >= 15 is 0 Å². The van der Waals surface area contributed by atoms with Crippen LogP contribution >= 0.6 is 0 Å². The Kier molecular flexibility index (Phi) is 13.9. The summed E-state index contributed by atoms with van der Waals surface area (Å²) in [5.74, 6) is 0. The fourth-order valence-electron chi connectivity index (χ4n) is 20.0. The second kappa shape index (κ2) is 23.5. The van der Waals surface area contributed by atoms with Gasteiger partial charge in [0.25, 0.3) is 0 Å². The highest BCUT2D eigenvalue weighted by molar-refractivity contribution is 6.23. The number of benzene rings is 18. The summed E-state index contributed by atoms with van der Waals surface area (Å²) >= 11 is 0. The average Bonchev–Trinajstić information content (AvgIpc) is 1.53. The van der Waals surface area contributed by atoms with Crippen molar-refractivity contribution in [2.75, 3.05) is 0 Å². The molecule has 0 heteroatoms. The van der Waals surface area contributed by atoms with E-state index in [0.717, 1.165) is 0 Å². The van der Waals surface area contributed by atoms with Crippen molar-refractivity contribution in [2.45, 2.75) is 77.0 Å². The van der Waals surface area contributed by atoms with Crippen molar-refractivity contribution in [1.82, 2.24) is 0 Å². The SMILES string of the molecule is CC1(C)c2cc(-c3cccc(-c4ccc5cc(-c6ccc7ccccc7c6)ccc5c4)c3)ccc2-c2c1ccc1c2C(C)(C)c2ccccc2-1.CC1(C)c2ccc(-c3cccc(-c4ccc5cc(-c6cc7ccc8ccccc8c7c7ccccc67)ccc5c4)c3)cc2-c2c1ccc1c2C(C)(C)c2ccccc2-1. The minimum atomic E-state index is -0.0811. The van der Waals surface area contributed by atoms with E-state index in [0.29, 0.717) is 0 Å². The zero-order valence-corrected chi connectivity index (χ0v) is 62.3. The quantitative estimate of drug-likeness (QED) is 0.146. The fraction of sp³-hybridized carbons (Fsp3) is 0.111. The Labute approximate surface area is 633 Å². The monoisotopic (exact) mass is 1380 g/mol. The maximum Gasteiger partial charge on any atom is 0.0165 e. The molecule has 0 bridgehead atoms. The van der Waals surface area contributed by atoms with Crippen LogP contribution in [0.1, 0.15) is 99.9 Å². The number of rotatable bonds is 6. The van der Waals surface area contributed by atoms with Crippen molar-refractivity contribution >= 4 is 64.6 Å². The van der Waals surface area contributed by atoms with Gasteiger partial charge in [0.05, 0.1) is 0 Å². The molecular formula is C108H80. The van der Waals surface area contributed by atoms with E-state index in [-0.39, 0.29) is 21.7 Å². The fourth-order valence-corrected chi connectivity index (χ4v) is 20.0. The van der Waals surface area contributed by atoms with Gasteiger partial charge in [-0.3, -0.25) is 0 Å². The molecule has 4 aliphatic rings. The Morgan fingerprint density at radius 1 is 0.157 bits per heavy atom. The Balaban J connectivity index is 0.000000139. The van der Waals surface area contributed by atoms with Crippen molar-refractivity contribution < 1.29 is 0 Å². The van der Waals surface area contributed by atoms with Crippen LogP contribution in [0.2, 0.25) is 0 Å². The first-order chi connectivity index (χ1) is 52.5. The molecule has 512 valence electrons.